The smallest absolute Gasteiger partial charge is 0.0589 e. The molecule has 0 heterocycles. The fourth-order valence-corrected chi connectivity index (χ4v) is 2.18. The molecule has 0 saturated heterocycles. The Hall–Kier alpha value is -0.120. The molecule has 0 aromatic carbocycles. The molecule has 0 rings (SSSR count). The minimum Gasteiger partial charge on any atom is -0.383 e. The molecule has 3 nitrogen and oxygen atoms in total. The Bertz CT molecular complexity index is 174. The Kier molecular flexibility index (Phi) is 11.9. The number of ether oxygens (including phenoxy) is 1. The van der Waals surface area contributed by atoms with Gasteiger partial charge in [-0.3, -0.25) is 4.90 Å². The Morgan fingerprint density at radius 3 is 2.44 bits per heavy atom. The number of hydrogen-bond acceptors (Lipinski definition) is 3. The van der Waals surface area contributed by atoms with E-state index in [1.807, 2.05) is 0 Å². The summed E-state index contributed by atoms with van der Waals surface area (Å²) >= 11 is 0. The van der Waals surface area contributed by atoms with Crippen LogP contribution in [-0.2, 0) is 4.74 Å². The van der Waals surface area contributed by atoms with Crippen LogP contribution in [0.3, 0.4) is 0 Å². The van der Waals surface area contributed by atoms with Gasteiger partial charge in [0.25, 0.3) is 0 Å². The Balaban J connectivity index is 3.84. The lowest BCUT2D eigenvalue weighted by atomic mass is 10.1. The van der Waals surface area contributed by atoms with Gasteiger partial charge in [0.05, 0.1) is 6.61 Å². The van der Waals surface area contributed by atoms with Crippen LogP contribution in [0, 0.1) is 5.92 Å². The molecule has 0 aromatic heterocycles. The maximum absolute atomic E-state index is 5.21. The average molecular weight is 258 g/mol. The first-order valence-corrected chi connectivity index (χ1v) is 7.55. The lowest BCUT2D eigenvalue weighted by Gasteiger charge is -2.30. The molecule has 0 aliphatic carbocycles. The highest BCUT2D eigenvalue weighted by atomic mass is 16.5. The summed E-state index contributed by atoms with van der Waals surface area (Å²) in [7, 11) is 1.78. The molecule has 0 radical (unpaired) electrons. The van der Waals surface area contributed by atoms with Gasteiger partial charge in [-0.15, -0.1) is 0 Å². The van der Waals surface area contributed by atoms with Gasteiger partial charge < -0.3 is 10.1 Å². The summed E-state index contributed by atoms with van der Waals surface area (Å²) in [5.41, 5.74) is 0. The summed E-state index contributed by atoms with van der Waals surface area (Å²) in [5.74, 6) is 0.725. The Morgan fingerprint density at radius 2 is 1.89 bits per heavy atom. The SMILES string of the molecule is CCCNCCCC(C)N(CCOC)CC(C)C. The lowest BCUT2D eigenvalue weighted by Crippen LogP contribution is -2.38. The minimum atomic E-state index is 0.658. The highest BCUT2D eigenvalue weighted by molar-refractivity contribution is 4.69. The van der Waals surface area contributed by atoms with E-state index < -0.39 is 0 Å². The highest BCUT2D eigenvalue weighted by Gasteiger charge is 2.14. The molecule has 0 amide bonds. The third-order valence-corrected chi connectivity index (χ3v) is 3.21. The van der Waals surface area contributed by atoms with Gasteiger partial charge in [-0.1, -0.05) is 20.8 Å². The largest absolute Gasteiger partial charge is 0.383 e. The van der Waals surface area contributed by atoms with Crippen molar-refractivity contribution < 1.29 is 4.74 Å². The van der Waals surface area contributed by atoms with E-state index in [2.05, 4.69) is 37.9 Å². The van der Waals surface area contributed by atoms with Crippen molar-refractivity contribution in [1.82, 2.24) is 10.2 Å². The van der Waals surface area contributed by atoms with Crippen molar-refractivity contribution in [3.63, 3.8) is 0 Å². The van der Waals surface area contributed by atoms with Crippen molar-refractivity contribution in [2.45, 2.75) is 53.0 Å². The molecular formula is C15H34N2O. The molecule has 0 saturated carbocycles. The van der Waals surface area contributed by atoms with Crippen molar-refractivity contribution in [3.05, 3.63) is 0 Å². The van der Waals surface area contributed by atoms with Crippen LogP contribution in [0.2, 0.25) is 0 Å². The van der Waals surface area contributed by atoms with Crippen molar-refractivity contribution >= 4 is 0 Å². The maximum atomic E-state index is 5.21. The summed E-state index contributed by atoms with van der Waals surface area (Å²) in [4.78, 5) is 2.56. The molecule has 0 fully saturated rings. The molecule has 0 spiro atoms. The zero-order valence-corrected chi connectivity index (χ0v) is 13.2. The lowest BCUT2D eigenvalue weighted by molar-refractivity contribution is 0.111. The zero-order valence-electron chi connectivity index (χ0n) is 13.2. The summed E-state index contributed by atoms with van der Waals surface area (Å²) in [6.45, 7) is 14.5. The summed E-state index contributed by atoms with van der Waals surface area (Å²) in [5, 5.41) is 3.47. The van der Waals surface area contributed by atoms with Crippen molar-refractivity contribution in [3.8, 4) is 0 Å². The van der Waals surface area contributed by atoms with Gasteiger partial charge in [-0.05, 0) is 45.2 Å². The summed E-state index contributed by atoms with van der Waals surface area (Å²) < 4.78 is 5.21. The predicted octanol–water partition coefficient (Wildman–Crippen LogP) is 2.76. The number of hydrogen-bond donors (Lipinski definition) is 1. The second-order valence-corrected chi connectivity index (χ2v) is 5.62. The monoisotopic (exact) mass is 258 g/mol. The third-order valence-electron chi connectivity index (χ3n) is 3.21. The van der Waals surface area contributed by atoms with Crippen LogP contribution in [0.25, 0.3) is 0 Å². The first-order valence-electron chi connectivity index (χ1n) is 7.55. The van der Waals surface area contributed by atoms with Gasteiger partial charge in [0.1, 0.15) is 0 Å². The maximum Gasteiger partial charge on any atom is 0.0589 e. The number of rotatable bonds is 12. The molecule has 1 atom stereocenters. The van der Waals surface area contributed by atoms with Gasteiger partial charge in [0, 0.05) is 26.2 Å². The summed E-state index contributed by atoms with van der Waals surface area (Å²) in [6, 6.07) is 0.658. The van der Waals surface area contributed by atoms with Gasteiger partial charge in [0.15, 0.2) is 0 Å². The van der Waals surface area contributed by atoms with Crippen molar-refractivity contribution in [2.24, 2.45) is 5.92 Å². The fraction of sp³-hybridized carbons (Fsp3) is 1.00. The summed E-state index contributed by atoms with van der Waals surface area (Å²) in [6.07, 6.45) is 3.76. The molecule has 0 aliphatic rings. The molecular weight excluding hydrogens is 224 g/mol. The Morgan fingerprint density at radius 1 is 1.17 bits per heavy atom. The normalized spacial score (nSPS) is 13.5. The quantitative estimate of drug-likeness (QED) is 0.545. The molecule has 0 bridgehead atoms. The second-order valence-electron chi connectivity index (χ2n) is 5.62. The van der Waals surface area contributed by atoms with Crippen LogP contribution >= 0.6 is 0 Å². The molecule has 110 valence electrons. The van der Waals surface area contributed by atoms with Crippen LogP contribution in [0.1, 0.15) is 47.0 Å². The van der Waals surface area contributed by atoms with Gasteiger partial charge >= 0.3 is 0 Å². The molecule has 1 unspecified atom stereocenters. The third kappa shape index (κ3) is 9.86. The van der Waals surface area contributed by atoms with Crippen molar-refractivity contribution in [2.75, 3.05) is 39.9 Å². The van der Waals surface area contributed by atoms with E-state index in [0.717, 1.165) is 32.2 Å². The molecule has 0 aliphatic heterocycles. The van der Waals surface area contributed by atoms with Crippen molar-refractivity contribution in [1.29, 1.82) is 0 Å². The first kappa shape index (κ1) is 17.9. The Labute approximate surface area is 114 Å². The number of nitrogens with one attached hydrogen (secondary N) is 1. The van der Waals surface area contributed by atoms with Crippen LogP contribution < -0.4 is 5.32 Å². The fourth-order valence-electron chi connectivity index (χ4n) is 2.18. The molecule has 18 heavy (non-hydrogen) atoms. The standard InChI is InChI=1S/C15H34N2O/c1-6-9-16-10-7-8-15(4)17(11-12-18-5)13-14(2)3/h14-16H,6-13H2,1-5H3. The van der Waals surface area contributed by atoms with Gasteiger partial charge in [-0.2, -0.15) is 0 Å². The molecule has 3 heteroatoms. The molecule has 1 N–H and O–H groups in total. The minimum absolute atomic E-state index is 0.658. The van der Waals surface area contributed by atoms with Gasteiger partial charge in [0.2, 0.25) is 0 Å². The van der Waals surface area contributed by atoms with Crippen LogP contribution in [-0.4, -0.2) is 50.8 Å². The predicted molar refractivity (Wildman–Crippen MR) is 80.1 cm³/mol. The van der Waals surface area contributed by atoms with E-state index in [-0.39, 0.29) is 0 Å². The molecule has 0 aromatic rings. The zero-order chi connectivity index (χ0) is 13.8. The van der Waals surface area contributed by atoms with E-state index in [1.165, 1.54) is 25.8 Å². The van der Waals surface area contributed by atoms with Gasteiger partial charge in [-0.25, -0.2) is 0 Å². The van der Waals surface area contributed by atoms with Crippen LogP contribution in [0.15, 0.2) is 0 Å². The highest BCUT2D eigenvalue weighted by Crippen LogP contribution is 2.09. The first-order chi connectivity index (χ1) is 8.61. The number of methoxy groups -OCH3 is 1. The van der Waals surface area contributed by atoms with Crippen LogP contribution in [0.4, 0.5) is 0 Å². The van der Waals surface area contributed by atoms with Crippen LogP contribution in [0.5, 0.6) is 0 Å². The van der Waals surface area contributed by atoms with E-state index in [0.29, 0.717) is 6.04 Å². The van der Waals surface area contributed by atoms with E-state index in [1.54, 1.807) is 7.11 Å². The van der Waals surface area contributed by atoms with E-state index in [4.69, 9.17) is 4.74 Å². The van der Waals surface area contributed by atoms with E-state index in [9.17, 15) is 0 Å². The second kappa shape index (κ2) is 11.9. The topological polar surface area (TPSA) is 24.5 Å². The average Bonchev–Trinajstić information content (AvgIpc) is 2.33. The number of nitrogens with zero attached hydrogens (tertiary/aromatic N) is 1. The van der Waals surface area contributed by atoms with E-state index >= 15 is 0 Å².